The Labute approximate surface area is 67.3 Å². The van der Waals surface area contributed by atoms with Crippen LogP contribution in [0.2, 0.25) is 0 Å². The Morgan fingerprint density at radius 2 is 2.00 bits per heavy atom. The highest BCUT2D eigenvalue weighted by molar-refractivity contribution is 5.76. The smallest absolute Gasteiger partial charge is 0.257 e. The van der Waals surface area contributed by atoms with Gasteiger partial charge in [0.15, 0.2) is 0 Å². The molecule has 0 saturated heterocycles. The largest absolute Gasteiger partial charge is 0.311 e. The SMILES string of the molecule is CNCC(=O)NOC(C)(C)C. The monoisotopic (exact) mass is 160 g/mol. The van der Waals surface area contributed by atoms with Gasteiger partial charge in [0, 0.05) is 0 Å². The van der Waals surface area contributed by atoms with Crippen molar-refractivity contribution in [1.29, 1.82) is 0 Å². The first-order valence-corrected chi connectivity index (χ1v) is 3.57. The number of hydrogen-bond acceptors (Lipinski definition) is 3. The summed E-state index contributed by atoms with van der Waals surface area (Å²) < 4.78 is 0. The predicted molar refractivity (Wildman–Crippen MR) is 42.9 cm³/mol. The summed E-state index contributed by atoms with van der Waals surface area (Å²) in [7, 11) is 1.71. The minimum Gasteiger partial charge on any atom is -0.311 e. The predicted octanol–water partition coefficient (Wildman–Crippen LogP) is 0.0521. The van der Waals surface area contributed by atoms with Crippen LogP contribution < -0.4 is 10.8 Å². The lowest BCUT2D eigenvalue weighted by molar-refractivity contribution is -0.144. The number of rotatable bonds is 3. The van der Waals surface area contributed by atoms with Gasteiger partial charge in [-0.2, -0.15) is 0 Å². The van der Waals surface area contributed by atoms with Crippen molar-refractivity contribution in [2.24, 2.45) is 0 Å². The van der Waals surface area contributed by atoms with Gasteiger partial charge < -0.3 is 5.32 Å². The lowest BCUT2D eigenvalue weighted by atomic mass is 10.2. The summed E-state index contributed by atoms with van der Waals surface area (Å²) in [6, 6.07) is 0. The number of amides is 1. The van der Waals surface area contributed by atoms with Crippen LogP contribution in [-0.2, 0) is 9.63 Å². The molecule has 0 bridgehead atoms. The van der Waals surface area contributed by atoms with Gasteiger partial charge in [0.1, 0.15) is 0 Å². The molecular weight excluding hydrogens is 144 g/mol. The highest BCUT2D eigenvalue weighted by atomic mass is 16.7. The van der Waals surface area contributed by atoms with Crippen LogP contribution in [0.15, 0.2) is 0 Å². The van der Waals surface area contributed by atoms with Gasteiger partial charge in [0.05, 0.1) is 12.1 Å². The molecular formula is C7H16N2O2. The zero-order chi connectivity index (χ0) is 8.91. The maximum absolute atomic E-state index is 10.8. The van der Waals surface area contributed by atoms with Crippen LogP contribution in [0.1, 0.15) is 20.8 Å². The van der Waals surface area contributed by atoms with Gasteiger partial charge in [-0.3, -0.25) is 9.63 Å². The molecule has 2 N–H and O–H groups in total. The first-order chi connectivity index (χ1) is 4.95. The molecule has 0 aromatic carbocycles. The number of nitrogens with one attached hydrogen (secondary N) is 2. The molecule has 4 heteroatoms. The van der Waals surface area contributed by atoms with E-state index in [1.54, 1.807) is 7.05 Å². The van der Waals surface area contributed by atoms with Crippen LogP contribution >= 0.6 is 0 Å². The maximum Gasteiger partial charge on any atom is 0.257 e. The molecule has 0 spiro atoms. The maximum atomic E-state index is 10.8. The number of carbonyl (C=O) groups excluding carboxylic acids is 1. The van der Waals surface area contributed by atoms with Crippen molar-refractivity contribution in [3.63, 3.8) is 0 Å². The van der Waals surface area contributed by atoms with Crippen molar-refractivity contribution in [3.8, 4) is 0 Å². The Balaban J connectivity index is 3.46. The van der Waals surface area contributed by atoms with Crippen LogP contribution in [0.25, 0.3) is 0 Å². The molecule has 0 aromatic rings. The molecule has 66 valence electrons. The summed E-state index contributed by atoms with van der Waals surface area (Å²) in [6.07, 6.45) is 0. The molecule has 0 aliphatic carbocycles. The first-order valence-electron chi connectivity index (χ1n) is 3.57. The number of carbonyl (C=O) groups is 1. The van der Waals surface area contributed by atoms with E-state index >= 15 is 0 Å². The van der Waals surface area contributed by atoms with Gasteiger partial charge >= 0.3 is 0 Å². The van der Waals surface area contributed by atoms with E-state index < -0.39 is 0 Å². The zero-order valence-electron chi connectivity index (χ0n) is 7.52. The van der Waals surface area contributed by atoms with Gasteiger partial charge in [-0.05, 0) is 27.8 Å². The average Bonchev–Trinajstić information content (AvgIpc) is 1.83. The van der Waals surface area contributed by atoms with Crippen LogP contribution in [0.5, 0.6) is 0 Å². The zero-order valence-corrected chi connectivity index (χ0v) is 7.52. The quantitative estimate of drug-likeness (QED) is 0.574. The van der Waals surface area contributed by atoms with E-state index in [1.807, 2.05) is 20.8 Å². The van der Waals surface area contributed by atoms with Gasteiger partial charge in [-0.25, -0.2) is 5.48 Å². The molecule has 0 rings (SSSR count). The van der Waals surface area contributed by atoms with Crippen molar-refractivity contribution in [3.05, 3.63) is 0 Å². The third-order valence-corrected chi connectivity index (χ3v) is 0.808. The van der Waals surface area contributed by atoms with E-state index in [2.05, 4.69) is 10.8 Å². The van der Waals surface area contributed by atoms with E-state index in [0.29, 0.717) is 0 Å². The van der Waals surface area contributed by atoms with E-state index in [9.17, 15) is 4.79 Å². The van der Waals surface area contributed by atoms with Crippen molar-refractivity contribution in [2.75, 3.05) is 13.6 Å². The fraction of sp³-hybridized carbons (Fsp3) is 0.857. The Kier molecular flexibility index (Phi) is 4.07. The van der Waals surface area contributed by atoms with Gasteiger partial charge in [-0.15, -0.1) is 0 Å². The molecule has 0 aliphatic rings. The summed E-state index contributed by atoms with van der Waals surface area (Å²) in [5.74, 6) is -0.164. The standard InChI is InChI=1S/C7H16N2O2/c1-7(2,3)11-9-6(10)5-8-4/h8H,5H2,1-4H3,(H,9,10). The van der Waals surface area contributed by atoms with Crippen molar-refractivity contribution in [1.82, 2.24) is 10.8 Å². The first kappa shape index (κ1) is 10.4. The third-order valence-electron chi connectivity index (χ3n) is 0.808. The summed E-state index contributed by atoms with van der Waals surface area (Å²) in [5, 5.41) is 2.71. The minimum absolute atomic E-state index is 0.164. The van der Waals surface area contributed by atoms with Crippen molar-refractivity contribution < 1.29 is 9.63 Å². The lowest BCUT2D eigenvalue weighted by Gasteiger charge is -2.18. The molecule has 0 atom stereocenters. The van der Waals surface area contributed by atoms with E-state index in [1.165, 1.54) is 0 Å². The molecule has 0 fully saturated rings. The van der Waals surface area contributed by atoms with Crippen LogP contribution in [0.4, 0.5) is 0 Å². The second-order valence-electron chi connectivity index (χ2n) is 3.27. The minimum atomic E-state index is -0.330. The van der Waals surface area contributed by atoms with Gasteiger partial charge in [-0.1, -0.05) is 0 Å². The van der Waals surface area contributed by atoms with E-state index in [0.717, 1.165) is 0 Å². The Morgan fingerprint density at radius 3 is 2.36 bits per heavy atom. The highest BCUT2D eigenvalue weighted by Crippen LogP contribution is 2.02. The Morgan fingerprint density at radius 1 is 1.45 bits per heavy atom. The fourth-order valence-electron chi connectivity index (χ4n) is 0.407. The number of hydrogen-bond donors (Lipinski definition) is 2. The van der Waals surface area contributed by atoms with E-state index in [-0.39, 0.29) is 18.1 Å². The van der Waals surface area contributed by atoms with Crippen LogP contribution in [0.3, 0.4) is 0 Å². The molecule has 1 amide bonds. The molecule has 0 aliphatic heterocycles. The molecule has 0 heterocycles. The molecule has 0 unspecified atom stereocenters. The summed E-state index contributed by atoms with van der Waals surface area (Å²) >= 11 is 0. The van der Waals surface area contributed by atoms with Crippen LogP contribution in [-0.4, -0.2) is 25.1 Å². The summed E-state index contributed by atoms with van der Waals surface area (Å²) in [4.78, 5) is 15.8. The summed E-state index contributed by atoms with van der Waals surface area (Å²) in [5.41, 5.74) is 1.99. The second-order valence-corrected chi connectivity index (χ2v) is 3.27. The Hall–Kier alpha value is -0.610. The van der Waals surface area contributed by atoms with Crippen molar-refractivity contribution >= 4 is 5.91 Å². The average molecular weight is 160 g/mol. The van der Waals surface area contributed by atoms with Crippen LogP contribution in [0, 0.1) is 0 Å². The second kappa shape index (κ2) is 4.31. The normalized spacial score (nSPS) is 11.3. The Bertz CT molecular complexity index is 129. The summed E-state index contributed by atoms with van der Waals surface area (Å²) in [6.45, 7) is 5.88. The third kappa shape index (κ3) is 7.29. The van der Waals surface area contributed by atoms with Crippen molar-refractivity contribution in [2.45, 2.75) is 26.4 Å². The molecule has 0 aromatic heterocycles. The molecule has 0 saturated carbocycles. The lowest BCUT2D eigenvalue weighted by Crippen LogP contribution is -2.37. The van der Waals surface area contributed by atoms with Gasteiger partial charge in [0.25, 0.3) is 5.91 Å². The number of hydroxylamine groups is 1. The molecule has 0 radical (unpaired) electrons. The molecule has 4 nitrogen and oxygen atoms in total. The van der Waals surface area contributed by atoms with Gasteiger partial charge in [0.2, 0.25) is 0 Å². The fourth-order valence-corrected chi connectivity index (χ4v) is 0.407. The topological polar surface area (TPSA) is 50.4 Å². The number of likely N-dealkylation sites (N-methyl/N-ethyl adjacent to an activating group) is 1. The van der Waals surface area contributed by atoms with E-state index in [4.69, 9.17) is 4.84 Å². The molecule has 11 heavy (non-hydrogen) atoms. The highest BCUT2D eigenvalue weighted by Gasteiger charge is 2.11.